The van der Waals surface area contributed by atoms with Gasteiger partial charge >= 0.3 is 6.18 Å². The smallest absolute Gasteiger partial charge is 0.368 e. The number of alkyl halides is 3. The van der Waals surface area contributed by atoms with Crippen LogP contribution in [0.3, 0.4) is 0 Å². The minimum atomic E-state index is -4.28. The first-order valence-corrected chi connectivity index (χ1v) is 6.69. The summed E-state index contributed by atoms with van der Waals surface area (Å²) in [7, 11) is 0. The maximum atomic E-state index is 12.1. The summed E-state index contributed by atoms with van der Waals surface area (Å²) in [5, 5.41) is 4.98. The van der Waals surface area contributed by atoms with Crippen LogP contribution in [-0.4, -0.2) is 25.4 Å². The zero-order valence-corrected chi connectivity index (χ0v) is 11.6. The van der Waals surface area contributed by atoms with E-state index in [1.807, 2.05) is 11.4 Å². The van der Waals surface area contributed by atoms with Gasteiger partial charge in [0.2, 0.25) is 0 Å². The molecule has 1 aromatic rings. The molecular weight excluding hydrogens is 319 g/mol. The summed E-state index contributed by atoms with van der Waals surface area (Å²) >= 11 is 4.92. The third kappa shape index (κ3) is 5.85. The van der Waals surface area contributed by atoms with E-state index < -0.39 is 12.3 Å². The number of hydrogen-bond donors (Lipinski definition) is 1. The van der Waals surface area contributed by atoms with E-state index in [9.17, 15) is 13.2 Å². The van der Waals surface area contributed by atoms with E-state index in [1.54, 1.807) is 11.3 Å². The van der Waals surface area contributed by atoms with E-state index in [0.29, 0.717) is 13.1 Å². The van der Waals surface area contributed by atoms with E-state index in [4.69, 9.17) is 0 Å². The second-order valence-corrected chi connectivity index (χ2v) is 5.37. The van der Waals surface area contributed by atoms with Gasteiger partial charge in [0.15, 0.2) is 6.10 Å². The predicted octanol–water partition coefficient (Wildman–Crippen LogP) is 3.57. The minimum Gasteiger partial charge on any atom is -0.368 e. The van der Waals surface area contributed by atoms with Crippen LogP contribution in [0, 0.1) is 0 Å². The summed E-state index contributed by atoms with van der Waals surface area (Å²) in [6, 6.07) is 1.97. The van der Waals surface area contributed by atoms with Crippen molar-refractivity contribution in [1.82, 2.24) is 5.32 Å². The van der Waals surface area contributed by atoms with Crippen LogP contribution in [0.5, 0.6) is 0 Å². The summed E-state index contributed by atoms with van der Waals surface area (Å²) < 4.78 is 41.9. The Morgan fingerprint density at radius 3 is 2.76 bits per heavy atom. The van der Waals surface area contributed by atoms with Crippen LogP contribution >= 0.6 is 27.3 Å². The van der Waals surface area contributed by atoms with Gasteiger partial charge in [-0.3, -0.25) is 0 Å². The molecule has 0 radical (unpaired) electrons. The van der Waals surface area contributed by atoms with E-state index in [1.165, 1.54) is 0 Å². The zero-order valence-electron chi connectivity index (χ0n) is 9.18. The minimum absolute atomic E-state index is 0.0488. The molecule has 0 spiro atoms. The van der Waals surface area contributed by atoms with Gasteiger partial charge in [0.25, 0.3) is 0 Å². The van der Waals surface area contributed by atoms with Crippen molar-refractivity contribution in [2.45, 2.75) is 25.7 Å². The van der Waals surface area contributed by atoms with Gasteiger partial charge in [0.05, 0.1) is 6.61 Å². The van der Waals surface area contributed by atoms with Crippen LogP contribution in [0.1, 0.15) is 11.8 Å². The van der Waals surface area contributed by atoms with Crippen molar-refractivity contribution >= 4 is 27.3 Å². The molecule has 7 heteroatoms. The van der Waals surface area contributed by atoms with E-state index in [-0.39, 0.29) is 6.61 Å². The number of thiophene rings is 1. The molecule has 0 amide bonds. The SMILES string of the molecule is CC(OCCNCc1cc(Br)cs1)C(F)(F)F. The lowest BCUT2D eigenvalue weighted by Gasteiger charge is -2.16. The van der Waals surface area contributed by atoms with Gasteiger partial charge in [-0.05, 0) is 28.9 Å². The molecule has 1 atom stereocenters. The molecule has 1 N–H and O–H groups in total. The summed E-state index contributed by atoms with van der Waals surface area (Å²) in [6.45, 7) is 2.10. The fourth-order valence-electron chi connectivity index (χ4n) is 1.06. The van der Waals surface area contributed by atoms with Gasteiger partial charge in [-0.1, -0.05) is 0 Å². The maximum Gasteiger partial charge on any atom is 0.414 e. The maximum absolute atomic E-state index is 12.1. The number of ether oxygens (including phenoxy) is 1. The number of halogens is 4. The fraction of sp³-hybridized carbons (Fsp3) is 0.600. The first kappa shape index (κ1) is 14.9. The molecule has 0 bridgehead atoms. The zero-order chi connectivity index (χ0) is 12.9. The first-order valence-electron chi connectivity index (χ1n) is 5.01. The normalized spacial score (nSPS) is 13.9. The summed E-state index contributed by atoms with van der Waals surface area (Å²) in [5.41, 5.74) is 0. The van der Waals surface area contributed by atoms with Crippen LogP contribution < -0.4 is 5.32 Å². The molecule has 0 aliphatic rings. The Labute approximate surface area is 110 Å². The molecule has 1 rings (SSSR count). The molecule has 2 nitrogen and oxygen atoms in total. The molecular formula is C10H13BrF3NOS. The van der Waals surface area contributed by atoms with Crippen molar-refractivity contribution in [1.29, 1.82) is 0 Å². The molecule has 0 aromatic carbocycles. The van der Waals surface area contributed by atoms with Crippen molar-refractivity contribution in [3.63, 3.8) is 0 Å². The monoisotopic (exact) mass is 331 g/mol. The Morgan fingerprint density at radius 1 is 1.53 bits per heavy atom. The molecule has 0 fully saturated rings. The standard InChI is InChI=1S/C10H13BrF3NOS/c1-7(10(12,13)14)16-3-2-15-5-9-4-8(11)6-17-9/h4,6-7,15H,2-3,5H2,1H3. The quantitative estimate of drug-likeness (QED) is 0.804. The van der Waals surface area contributed by atoms with Crippen molar-refractivity contribution in [3.8, 4) is 0 Å². The second kappa shape index (κ2) is 6.72. The Morgan fingerprint density at radius 2 is 2.24 bits per heavy atom. The highest BCUT2D eigenvalue weighted by atomic mass is 79.9. The van der Waals surface area contributed by atoms with E-state index >= 15 is 0 Å². The van der Waals surface area contributed by atoms with Gasteiger partial charge in [0.1, 0.15) is 0 Å². The Bertz CT molecular complexity index is 343. The third-order valence-corrected chi connectivity index (χ3v) is 3.73. The lowest BCUT2D eigenvalue weighted by atomic mass is 10.4. The van der Waals surface area contributed by atoms with Crippen molar-refractivity contribution in [2.24, 2.45) is 0 Å². The Kier molecular flexibility index (Phi) is 5.91. The third-order valence-electron chi connectivity index (χ3n) is 2.03. The topological polar surface area (TPSA) is 21.3 Å². The van der Waals surface area contributed by atoms with Crippen LogP contribution in [-0.2, 0) is 11.3 Å². The van der Waals surface area contributed by atoms with Crippen LogP contribution in [0.4, 0.5) is 13.2 Å². The van der Waals surface area contributed by atoms with Crippen molar-refractivity contribution in [3.05, 3.63) is 20.8 Å². The van der Waals surface area contributed by atoms with Gasteiger partial charge in [-0.2, -0.15) is 13.2 Å². The highest BCUT2D eigenvalue weighted by Crippen LogP contribution is 2.22. The molecule has 98 valence electrons. The highest BCUT2D eigenvalue weighted by Gasteiger charge is 2.36. The summed E-state index contributed by atoms with van der Waals surface area (Å²) in [6.07, 6.45) is -5.99. The average Bonchev–Trinajstić information content (AvgIpc) is 2.62. The predicted molar refractivity (Wildman–Crippen MR) is 65.2 cm³/mol. The fourth-order valence-corrected chi connectivity index (χ4v) is 2.48. The molecule has 1 unspecified atom stereocenters. The Balaban J connectivity index is 2.09. The molecule has 0 saturated carbocycles. The van der Waals surface area contributed by atoms with Crippen LogP contribution in [0.25, 0.3) is 0 Å². The molecule has 0 aliphatic carbocycles. The first-order chi connectivity index (χ1) is 7.89. The average molecular weight is 332 g/mol. The largest absolute Gasteiger partial charge is 0.414 e. The lowest BCUT2D eigenvalue weighted by molar-refractivity contribution is -0.213. The van der Waals surface area contributed by atoms with E-state index in [2.05, 4.69) is 26.0 Å². The van der Waals surface area contributed by atoms with Gasteiger partial charge in [-0.15, -0.1) is 11.3 Å². The van der Waals surface area contributed by atoms with E-state index in [0.717, 1.165) is 16.3 Å². The van der Waals surface area contributed by atoms with Gasteiger partial charge in [0, 0.05) is 27.8 Å². The molecule has 17 heavy (non-hydrogen) atoms. The number of hydrogen-bond acceptors (Lipinski definition) is 3. The van der Waals surface area contributed by atoms with Crippen molar-refractivity contribution in [2.75, 3.05) is 13.2 Å². The molecule has 0 saturated heterocycles. The summed E-state index contributed by atoms with van der Waals surface area (Å²) in [4.78, 5) is 1.13. The molecule has 1 heterocycles. The van der Waals surface area contributed by atoms with Crippen LogP contribution in [0.15, 0.2) is 15.9 Å². The Hall–Kier alpha value is -0.110. The van der Waals surface area contributed by atoms with Crippen molar-refractivity contribution < 1.29 is 17.9 Å². The number of rotatable bonds is 6. The second-order valence-electron chi connectivity index (χ2n) is 3.46. The highest BCUT2D eigenvalue weighted by molar-refractivity contribution is 9.10. The summed E-state index contributed by atoms with van der Waals surface area (Å²) in [5.74, 6) is 0. The molecule has 0 aliphatic heterocycles. The molecule has 1 aromatic heterocycles. The van der Waals surface area contributed by atoms with Crippen LogP contribution in [0.2, 0.25) is 0 Å². The lowest BCUT2D eigenvalue weighted by Crippen LogP contribution is -2.31. The number of nitrogens with one attached hydrogen (secondary N) is 1. The van der Waals surface area contributed by atoms with Gasteiger partial charge in [-0.25, -0.2) is 0 Å². The van der Waals surface area contributed by atoms with Gasteiger partial charge < -0.3 is 10.1 Å².